The van der Waals surface area contributed by atoms with Gasteiger partial charge >= 0.3 is 5.97 Å². The minimum Gasteiger partial charge on any atom is -0.469 e. The fourth-order valence-corrected chi connectivity index (χ4v) is 0.879. The van der Waals surface area contributed by atoms with Crippen LogP contribution in [0.15, 0.2) is 0 Å². The molecule has 0 aromatic rings. The second-order valence-electron chi connectivity index (χ2n) is 4.14. The van der Waals surface area contributed by atoms with E-state index in [1.165, 1.54) is 13.5 Å². The molecule has 0 atom stereocenters. The third-order valence-electron chi connectivity index (χ3n) is 1.85. The molecule has 4 heteroatoms. The van der Waals surface area contributed by atoms with Crippen molar-refractivity contribution < 1.29 is 19.1 Å². The fraction of sp³-hybridized carbons (Fsp3) is 0.909. The van der Waals surface area contributed by atoms with E-state index in [0.29, 0.717) is 24.0 Å². The summed E-state index contributed by atoms with van der Waals surface area (Å²) in [5.41, 5.74) is 0. The Labute approximate surface area is 93.4 Å². The summed E-state index contributed by atoms with van der Waals surface area (Å²) in [6.45, 7) is 5.76. The van der Waals surface area contributed by atoms with Crippen molar-refractivity contribution in [2.24, 2.45) is 0 Å². The average Bonchev–Trinajstić information content (AvgIpc) is 2.15. The maximum absolute atomic E-state index is 10.8. The molecule has 0 aromatic heterocycles. The maximum atomic E-state index is 10.8. The van der Waals surface area contributed by atoms with Crippen LogP contribution in [0.1, 0.15) is 26.7 Å². The van der Waals surface area contributed by atoms with Crippen LogP contribution >= 0.6 is 0 Å². The second-order valence-corrected chi connectivity index (χ2v) is 4.14. The normalized spacial score (nSPS) is 10.3. The lowest BCUT2D eigenvalue weighted by Crippen LogP contribution is -2.43. The summed E-state index contributed by atoms with van der Waals surface area (Å²) in [6, 6.07) is 0. The zero-order valence-corrected chi connectivity index (χ0v) is 10.7. The summed E-state index contributed by atoms with van der Waals surface area (Å²) in [5.74, 6) is -0.195. The van der Waals surface area contributed by atoms with E-state index >= 15 is 0 Å². The van der Waals surface area contributed by atoms with Crippen LogP contribution in [0, 0.1) is 0 Å². The second kappa shape index (κ2) is 9.93. The number of hydrogen-bond donors (Lipinski definition) is 1. The highest BCUT2D eigenvalue weighted by atomic mass is 16.5. The minimum absolute atomic E-state index is 0.147. The number of carbonyl (C=O) groups excluding carboxylic acids is 1. The summed E-state index contributed by atoms with van der Waals surface area (Å²) in [7, 11) is 5.33. The van der Waals surface area contributed by atoms with Gasteiger partial charge in [0.25, 0.3) is 0 Å². The molecule has 15 heavy (non-hydrogen) atoms. The summed E-state index contributed by atoms with van der Waals surface area (Å²) < 4.78 is 5.16. The zero-order valence-electron chi connectivity index (χ0n) is 10.7. The van der Waals surface area contributed by atoms with Gasteiger partial charge in [0.15, 0.2) is 0 Å². The molecule has 0 rings (SSSR count). The van der Waals surface area contributed by atoms with Crippen molar-refractivity contribution in [3.63, 3.8) is 0 Å². The number of ether oxygens (including phenoxy) is 1. The number of nitrogens with zero attached hydrogens (tertiary/aromatic N) is 1. The Balaban J connectivity index is 0. The van der Waals surface area contributed by atoms with Gasteiger partial charge in [-0.1, -0.05) is 20.3 Å². The average molecular weight is 220 g/mol. The largest absolute Gasteiger partial charge is 0.469 e. The number of methoxy groups -OCH3 is 1. The Bertz CT molecular complexity index is 158. The Morgan fingerprint density at radius 1 is 1.27 bits per heavy atom. The molecule has 0 radical (unpaired) electrons. The molecule has 0 aliphatic rings. The third-order valence-corrected chi connectivity index (χ3v) is 1.85. The van der Waals surface area contributed by atoms with Crippen LogP contribution in [0.5, 0.6) is 0 Å². The number of quaternary nitrogens is 1. The van der Waals surface area contributed by atoms with Gasteiger partial charge in [0.2, 0.25) is 0 Å². The van der Waals surface area contributed by atoms with Crippen molar-refractivity contribution in [1.82, 2.24) is 0 Å². The summed E-state index contributed by atoms with van der Waals surface area (Å²) in [4.78, 5) is 10.8. The van der Waals surface area contributed by atoms with E-state index in [-0.39, 0.29) is 12.6 Å². The maximum Gasteiger partial charge on any atom is 0.311 e. The number of carbonyl (C=O) groups is 1. The number of rotatable bonds is 5. The van der Waals surface area contributed by atoms with Crippen molar-refractivity contribution in [2.75, 3.05) is 40.9 Å². The van der Waals surface area contributed by atoms with Crippen LogP contribution in [0.2, 0.25) is 0 Å². The van der Waals surface area contributed by atoms with Gasteiger partial charge in [-0.15, -0.1) is 0 Å². The van der Waals surface area contributed by atoms with E-state index in [1.54, 1.807) is 0 Å². The van der Waals surface area contributed by atoms with E-state index < -0.39 is 0 Å². The van der Waals surface area contributed by atoms with Gasteiger partial charge in [-0.3, -0.25) is 4.79 Å². The number of hydrogen-bond acceptors (Lipinski definition) is 3. The topological polar surface area (TPSA) is 46.5 Å². The lowest BCUT2D eigenvalue weighted by Gasteiger charge is -2.28. The van der Waals surface area contributed by atoms with Crippen molar-refractivity contribution in [3.8, 4) is 0 Å². The molecule has 0 aliphatic carbocycles. The Morgan fingerprint density at radius 2 is 1.73 bits per heavy atom. The SMILES string of the molecule is CCC.COC(=O)CC[N+](C)(C)CCO. The minimum atomic E-state index is -0.195. The zero-order chi connectivity index (χ0) is 12.3. The Morgan fingerprint density at radius 3 is 2.07 bits per heavy atom. The highest BCUT2D eigenvalue weighted by Crippen LogP contribution is 1.98. The van der Waals surface area contributed by atoms with Crippen molar-refractivity contribution in [2.45, 2.75) is 26.7 Å². The smallest absolute Gasteiger partial charge is 0.311 e. The molecule has 0 fully saturated rings. The summed E-state index contributed by atoms with van der Waals surface area (Å²) in [5, 5.41) is 8.69. The predicted octanol–water partition coefficient (Wildman–Crippen LogP) is 1.03. The molecule has 92 valence electrons. The van der Waals surface area contributed by atoms with Gasteiger partial charge in [0, 0.05) is 0 Å². The first-order valence-corrected chi connectivity index (χ1v) is 5.43. The number of esters is 1. The molecule has 0 bridgehead atoms. The monoisotopic (exact) mass is 220 g/mol. The van der Waals surface area contributed by atoms with Crippen molar-refractivity contribution >= 4 is 5.97 Å². The molecule has 0 aliphatic heterocycles. The fourth-order valence-electron chi connectivity index (χ4n) is 0.879. The molecule has 0 saturated heterocycles. The van der Waals surface area contributed by atoms with E-state index in [9.17, 15) is 4.79 Å². The van der Waals surface area contributed by atoms with Crippen molar-refractivity contribution in [1.29, 1.82) is 0 Å². The molecule has 0 saturated carbocycles. The number of likely N-dealkylation sites (N-methyl/N-ethyl adjacent to an activating group) is 1. The van der Waals surface area contributed by atoms with Crippen molar-refractivity contribution in [3.05, 3.63) is 0 Å². The predicted molar refractivity (Wildman–Crippen MR) is 61.5 cm³/mol. The van der Waals surface area contributed by atoms with Gasteiger partial charge in [-0.25, -0.2) is 0 Å². The van der Waals surface area contributed by atoms with Crippen LogP contribution in [0.4, 0.5) is 0 Å². The molecule has 4 nitrogen and oxygen atoms in total. The molecule has 1 N–H and O–H groups in total. The van der Waals surface area contributed by atoms with Crippen LogP contribution in [-0.4, -0.2) is 56.5 Å². The highest BCUT2D eigenvalue weighted by Gasteiger charge is 2.15. The number of aliphatic hydroxyl groups is 1. The molecule has 0 amide bonds. The van der Waals surface area contributed by atoms with E-state index in [2.05, 4.69) is 18.6 Å². The molecular formula is C11H26NO3+. The molecule has 0 unspecified atom stereocenters. The van der Waals surface area contributed by atoms with E-state index in [0.717, 1.165) is 0 Å². The summed E-state index contributed by atoms with van der Waals surface area (Å²) >= 11 is 0. The lowest BCUT2D eigenvalue weighted by molar-refractivity contribution is -0.890. The van der Waals surface area contributed by atoms with Gasteiger partial charge < -0.3 is 14.3 Å². The first kappa shape index (κ1) is 16.8. The van der Waals surface area contributed by atoms with Crippen LogP contribution in [0.3, 0.4) is 0 Å². The third kappa shape index (κ3) is 13.4. The lowest BCUT2D eigenvalue weighted by atomic mass is 10.3. The highest BCUT2D eigenvalue weighted by molar-refractivity contribution is 5.69. The van der Waals surface area contributed by atoms with E-state index in [4.69, 9.17) is 5.11 Å². The molecule has 0 spiro atoms. The number of aliphatic hydroxyl groups excluding tert-OH is 1. The molecular weight excluding hydrogens is 194 g/mol. The van der Waals surface area contributed by atoms with Gasteiger partial charge in [-0.05, 0) is 0 Å². The van der Waals surface area contributed by atoms with Crippen LogP contribution < -0.4 is 0 Å². The van der Waals surface area contributed by atoms with E-state index in [1.807, 2.05) is 14.1 Å². The van der Waals surface area contributed by atoms with Gasteiger partial charge in [0.1, 0.15) is 6.54 Å². The quantitative estimate of drug-likeness (QED) is 0.556. The first-order valence-electron chi connectivity index (χ1n) is 5.43. The standard InChI is InChI=1S/C8H18NO3.C3H8/c1-9(2,6-7-10)5-4-8(11)12-3;1-3-2/h10H,4-7H2,1-3H3;3H2,1-2H3/q+1;. The summed E-state index contributed by atoms with van der Waals surface area (Å²) in [6.07, 6.45) is 1.66. The Hall–Kier alpha value is -0.610. The Kier molecular flexibility index (Phi) is 11.1. The van der Waals surface area contributed by atoms with Crippen LogP contribution in [0.25, 0.3) is 0 Å². The van der Waals surface area contributed by atoms with Gasteiger partial charge in [0.05, 0.1) is 40.8 Å². The first-order chi connectivity index (χ1) is 6.93. The van der Waals surface area contributed by atoms with Crippen LogP contribution in [-0.2, 0) is 9.53 Å². The molecule has 0 heterocycles. The molecule has 0 aromatic carbocycles. The van der Waals surface area contributed by atoms with Gasteiger partial charge in [-0.2, -0.15) is 0 Å².